The first-order valence-electron chi connectivity index (χ1n) is 21.3. The van der Waals surface area contributed by atoms with Crippen LogP contribution in [0.4, 0.5) is 0 Å². The van der Waals surface area contributed by atoms with E-state index in [1.807, 2.05) is 24.3 Å². The third kappa shape index (κ3) is 15.1. The molecule has 0 heterocycles. The highest BCUT2D eigenvalue weighted by molar-refractivity contribution is 9.10. The van der Waals surface area contributed by atoms with Crippen molar-refractivity contribution in [3.05, 3.63) is 69.2 Å². The maximum Gasteiger partial charge on any atom is 0.134 e. The molecule has 0 aliphatic rings. The fourth-order valence-corrected chi connectivity index (χ4v) is 7.15. The van der Waals surface area contributed by atoms with E-state index >= 15 is 0 Å². The standard InChI is InChI=1S/C49H71BrO6/c1-10-16-19-36(13-4)33-54-45-27-26-43(51-7)28-39(45)22-23-40-30-48(55-34-37(14-5)20-17-11-2)42(29-46(40)52-8)25-24-41-31-49(44(50)32-47(41)53-9)56-35-38(15-6)21-18-12-3/h22-32,36-38H,10-21,33-35H2,1-9H3/b23-22+,25-24+. The molecule has 3 aromatic carbocycles. The van der Waals surface area contributed by atoms with E-state index < -0.39 is 0 Å². The first-order chi connectivity index (χ1) is 27.3. The van der Waals surface area contributed by atoms with Crippen LogP contribution >= 0.6 is 15.9 Å². The largest absolute Gasteiger partial charge is 0.497 e. The van der Waals surface area contributed by atoms with E-state index in [-0.39, 0.29) is 0 Å². The average Bonchev–Trinajstić information content (AvgIpc) is 3.23. The maximum atomic E-state index is 6.70. The molecule has 3 rings (SSSR count). The van der Waals surface area contributed by atoms with Crippen molar-refractivity contribution in [2.45, 2.75) is 119 Å². The van der Waals surface area contributed by atoms with Gasteiger partial charge in [-0.15, -0.1) is 0 Å². The number of hydrogen-bond acceptors (Lipinski definition) is 6. The zero-order valence-electron chi connectivity index (χ0n) is 36.0. The average molecular weight is 836 g/mol. The molecule has 0 aromatic heterocycles. The minimum absolute atomic E-state index is 0.476. The van der Waals surface area contributed by atoms with Gasteiger partial charge in [-0.3, -0.25) is 0 Å². The molecule has 0 aliphatic heterocycles. The summed E-state index contributed by atoms with van der Waals surface area (Å²) in [5, 5.41) is 0. The molecule has 0 radical (unpaired) electrons. The second kappa shape index (κ2) is 26.4. The second-order valence-corrected chi connectivity index (χ2v) is 15.8. The van der Waals surface area contributed by atoms with Gasteiger partial charge in [-0.2, -0.15) is 0 Å². The van der Waals surface area contributed by atoms with Crippen LogP contribution in [0.1, 0.15) is 141 Å². The Morgan fingerprint density at radius 1 is 0.464 bits per heavy atom. The van der Waals surface area contributed by atoms with Gasteiger partial charge in [0.2, 0.25) is 0 Å². The van der Waals surface area contributed by atoms with Crippen LogP contribution < -0.4 is 28.4 Å². The van der Waals surface area contributed by atoms with Crippen LogP contribution in [0.15, 0.2) is 46.9 Å². The summed E-state index contributed by atoms with van der Waals surface area (Å²) in [6.07, 6.45) is 22.3. The Labute approximate surface area is 348 Å². The lowest BCUT2D eigenvalue weighted by atomic mass is 10.00. The van der Waals surface area contributed by atoms with Gasteiger partial charge in [0.15, 0.2) is 0 Å². The number of benzene rings is 3. The molecule has 0 saturated heterocycles. The van der Waals surface area contributed by atoms with Gasteiger partial charge in [-0.25, -0.2) is 0 Å². The van der Waals surface area contributed by atoms with Gasteiger partial charge in [-0.1, -0.05) is 124 Å². The van der Waals surface area contributed by atoms with Crippen LogP contribution in [-0.4, -0.2) is 41.2 Å². The predicted octanol–water partition coefficient (Wildman–Crippen LogP) is 14.6. The predicted molar refractivity (Wildman–Crippen MR) is 241 cm³/mol. The van der Waals surface area contributed by atoms with Crippen molar-refractivity contribution in [2.24, 2.45) is 17.8 Å². The van der Waals surface area contributed by atoms with Gasteiger partial charge in [0, 0.05) is 22.3 Å². The summed E-state index contributed by atoms with van der Waals surface area (Å²) in [5.74, 6) is 6.26. The van der Waals surface area contributed by atoms with Gasteiger partial charge < -0.3 is 28.4 Å². The number of halogens is 1. The first-order valence-corrected chi connectivity index (χ1v) is 22.1. The lowest BCUT2D eigenvalue weighted by Crippen LogP contribution is -2.12. The Kier molecular flexibility index (Phi) is 22.0. The third-order valence-electron chi connectivity index (χ3n) is 10.8. The van der Waals surface area contributed by atoms with E-state index in [2.05, 4.69) is 100.0 Å². The number of ether oxygens (including phenoxy) is 6. The minimum atomic E-state index is 0.476. The molecular formula is C49H71BrO6. The fourth-order valence-electron chi connectivity index (χ4n) is 6.71. The monoisotopic (exact) mass is 834 g/mol. The van der Waals surface area contributed by atoms with Crippen LogP contribution in [-0.2, 0) is 0 Å². The van der Waals surface area contributed by atoms with Crippen LogP contribution in [0.5, 0.6) is 34.5 Å². The van der Waals surface area contributed by atoms with Crippen molar-refractivity contribution in [2.75, 3.05) is 41.2 Å². The summed E-state index contributed by atoms with van der Waals surface area (Å²) in [4.78, 5) is 0. The quantitative estimate of drug-likeness (QED) is 0.0679. The zero-order valence-corrected chi connectivity index (χ0v) is 37.6. The molecule has 0 spiro atoms. The molecule has 0 saturated carbocycles. The Morgan fingerprint density at radius 2 is 0.857 bits per heavy atom. The van der Waals surface area contributed by atoms with Crippen molar-refractivity contribution in [3.63, 3.8) is 0 Å². The summed E-state index contributed by atoms with van der Waals surface area (Å²) in [5.41, 5.74) is 3.70. The number of methoxy groups -OCH3 is 3. The van der Waals surface area contributed by atoms with Gasteiger partial charge in [0.05, 0.1) is 45.6 Å². The third-order valence-corrected chi connectivity index (χ3v) is 11.4. The van der Waals surface area contributed by atoms with Gasteiger partial charge >= 0.3 is 0 Å². The maximum absolute atomic E-state index is 6.70. The first kappa shape index (κ1) is 46.8. The van der Waals surface area contributed by atoms with E-state index in [0.29, 0.717) is 37.6 Å². The molecule has 0 amide bonds. The molecule has 7 heteroatoms. The molecule has 0 bridgehead atoms. The number of hydrogen-bond donors (Lipinski definition) is 0. The van der Waals surface area contributed by atoms with Crippen LogP contribution in [0.25, 0.3) is 24.3 Å². The van der Waals surface area contributed by atoms with E-state index in [1.165, 1.54) is 51.4 Å². The number of unbranched alkanes of at least 4 members (excludes halogenated alkanes) is 3. The molecule has 3 atom stereocenters. The van der Waals surface area contributed by atoms with Crippen LogP contribution in [0.3, 0.4) is 0 Å². The van der Waals surface area contributed by atoms with Gasteiger partial charge in [-0.05, 0) is 95.4 Å². The summed E-state index contributed by atoms with van der Waals surface area (Å²) < 4.78 is 37.9. The highest BCUT2D eigenvalue weighted by Crippen LogP contribution is 2.37. The minimum Gasteiger partial charge on any atom is -0.497 e. The Hall–Kier alpha value is -3.58. The highest BCUT2D eigenvalue weighted by Gasteiger charge is 2.16. The molecule has 310 valence electrons. The lowest BCUT2D eigenvalue weighted by molar-refractivity contribution is 0.232. The topological polar surface area (TPSA) is 55.4 Å². The SMILES string of the molecule is CCCCC(CC)COc1cc(/C=C/c2cc(OC)c(/C=C/c3cc(OC)ccc3OCC(CC)CCCC)cc2OCC(CC)CCCC)c(OC)cc1Br. The Bertz CT molecular complexity index is 1630. The molecular weight excluding hydrogens is 764 g/mol. The highest BCUT2D eigenvalue weighted by atomic mass is 79.9. The number of rotatable bonds is 28. The lowest BCUT2D eigenvalue weighted by Gasteiger charge is -2.19. The van der Waals surface area contributed by atoms with Crippen molar-refractivity contribution in [3.8, 4) is 34.5 Å². The van der Waals surface area contributed by atoms with E-state index in [1.54, 1.807) is 21.3 Å². The normalized spacial score (nSPS) is 13.2. The molecule has 0 aliphatic carbocycles. The summed E-state index contributed by atoms with van der Waals surface area (Å²) in [7, 11) is 5.11. The van der Waals surface area contributed by atoms with Crippen molar-refractivity contribution < 1.29 is 28.4 Å². The van der Waals surface area contributed by atoms with Gasteiger partial charge in [0.25, 0.3) is 0 Å². The van der Waals surface area contributed by atoms with E-state index in [9.17, 15) is 0 Å². The molecule has 0 N–H and O–H groups in total. The van der Waals surface area contributed by atoms with Gasteiger partial charge in [0.1, 0.15) is 34.5 Å². The van der Waals surface area contributed by atoms with Crippen molar-refractivity contribution >= 4 is 40.2 Å². The Balaban J connectivity index is 2.04. The van der Waals surface area contributed by atoms with Crippen LogP contribution in [0.2, 0.25) is 0 Å². The van der Waals surface area contributed by atoms with Crippen molar-refractivity contribution in [1.29, 1.82) is 0 Å². The molecule has 6 nitrogen and oxygen atoms in total. The summed E-state index contributed by atoms with van der Waals surface area (Å²) >= 11 is 3.72. The Morgan fingerprint density at radius 3 is 1.30 bits per heavy atom. The second-order valence-electron chi connectivity index (χ2n) is 14.9. The summed E-state index contributed by atoms with van der Waals surface area (Å²) in [6, 6.07) is 14.2. The smallest absolute Gasteiger partial charge is 0.134 e. The van der Waals surface area contributed by atoms with E-state index in [0.717, 1.165) is 86.9 Å². The van der Waals surface area contributed by atoms with Crippen LogP contribution in [0, 0.1) is 17.8 Å². The molecule has 3 unspecified atom stereocenters. The molecule has 3 aromatic rings. The molecule has 0 fully saturated rings. The fraction of sp³-hybridized carbons (Fsp3) is 0.551. The zero-order chi connectivity index (χ0) is 40.7. The molecule has 56 heavy (non-hydrogen) atoms. The summed E-state index contributed by atoms with van der Waals surface area (Å²) in [6.45, 7) is 15.5. The van der Waals surface area contributed by atoms with E-state index in [4.69, 9.17) is 28.4 Å². The van der Waals surface area contributed by atoms with Crippen molar-refractivity contribution in [1.82, 2.24) is 0 Å².